The first-order valence-electron chi connectivity index (χ1n) is 21.9. The summed E-state index contributed by atoms with van der Waals surface area (Å²) in [5.41, 5.74) is 13.9. The van der Waals surface area contributed by atoms with Gasteiger partial charge in [0.25, 0.3) is 0 Å². The monoisotopic (exact) mass is 800 g/mol. The van der Waals surface area contributed by atoms with Crippen molar-refractivity contribution in [3.8, 4) is 33.4 Å². The maximum atomic E-state index is 6.98. The second-order valence-electron chi connectivity index (χ2n) is 18.9. The minimum absolute atomic E-state index is 0.00793. The van der Waals surface area contributed by atoms with E-state index in [0.717, 1.165) is 49.8 Å². The number of rotatable bonds is 6. The first kappa shape index (κ1) is 39.2. The number of furan rings is 1. The predicted molar refractivity (Wildman–Crippen MR) is 269 cm³/mol. The summed E-state index contributed by atoms with van der Waals surface area (Å²) in [5.74, 6) is 0.789. The molecule has 0 N–H and O–H groups in total. The summed E-state index contributed by atoms with van der Waals surface area (Å²) in [6.07, 6.45) is 4.30. The Kier molecular flexibility index (Phi) is 9.41. The average molecular weight is 801 g/mol. The molecule has 10 rings (SSSR count). The number of hydrogen-bond acceptors (Lipinski definition) is 1. The van der Waals surface area contributed by atoms with Crippen LogP contribution in [0, 0.1) is 0 Å². The van der Waals surface area contributed by atoms with Crippen LogP contribution < -0.4 is 0 Å². The van der Waals surface area contributed by atoms with Crippen LogP contribution in [0.15, 0.2) is 181 Å². The highest BCUT2D eigenvalue weighted by atomic mass is 16.3. The Bertz CT molecular complexity index is 3280. The Labute approximate surface area is 365 Å². The zero-order valence-corrected chi connectivity index (χ0v) is 36.9. The lowest BCUT2D eigenvalue weighted by molar-refractivity contribution is 0.569. The van der Waals surface area contributed by atoms with Gasteiger partial charge in [-0.1, -0.05) is 212 Å². The van der Waals surface area contributed by atoms with Gasteiger partial charge in [0.15, 0.2) is 0 Å². The zero-order chi connectivity index (χ0) is 42.9. The van der Waals surface area contributed by atoms with Gasteiger partial charge in [0.05, 0.1) is 0 Å². The molecule has 1 aromatic heterocycles. The van der Waals surface area contributed by atoms with E-state index in [1.165, 1.54) is 71.3 Å². The van der Waals surface area contributed by atoms with Crippen molar-refractivity contribution < 1.29 is 4.42 Å². The predicted octanol–water partition coefficient (Wildman–Crippen LogP) is 17.7. The van der Waals surface area contributed by atoms with E-state index in [0.29, 0.717) is 0 Å². The molecule has 0 bridgehead atoms. The molecule has 302 valence electrons. The molecule has 0 saturated carbocycles. The lowest BCUT2D eigenvalue weighted by Gasteiger charge is -2.27. The van der Waals surface area contributed by atoms with Gasteiger partial charge in [0.1, 0.15) is 11.3 Å². The van der Waals surface area contributed by atoms with Crippen LogP contribution in [-0.2, 0) is 10.8 Å². The SMILES string of the molecule is C=C(c1oc2ccc(-c3c4ccccc4c(-c4ccccc4)c4ccccc34)cc2c1/C=C\C)c1c2ccccc2c(-c2cc(C(C)(C)C)cc(C(C)(C)C)c2)c2ccccc12. The summed E-state index contributed by atoms with van der Waals surface area (Å²) in [5, 5.41) is 10.7. The van der Waals surface area contributed by atoms with Crippen molar-refractivity contribution in [1.82, 2.24) is 0 Å². The van der Waals surface area contributed by atoms with Gasteiger partial charge < -0.3 is 4.42 Å². The third-order valence-corrected chi connectivity index (χ3v) is 12.8. The van der Waals surface area contributed by atoms with E-state index < -0.39 is 0 Å². The van der Waals surface area contributed by atoms with Crippen molar-refractivity contribution in [3.05, 3.63) is 204 Å². The van der Waals surface area contributed by atoms with Gasteiger partial charge in [-0.05, 0) is 117 Å². The molecule has 0 spiro atoms. The van der Waals surface area contributed by atoms with Crippen LogP contribution >= 0.6 is 0 Å². The number of benzene rings is 9. The van der Waals surface area contributed by atoms with Crippen LogP contribution in [0.3, 0.4) is 0 Å². The molecular weight excluding hydrogens is 749 g/mol. The second kappa shape index (κ2) is 14.9. The van der Waals surface area contributed by atoms with Crippen LogP contribution in [0.2, 0.25) is 0 Å². The molecular formula is C61H52O. The fourth-order valence-electron chi connectivity index (χ4n) is 9.70. The van der Waals surface area contributed by atoms with Crippen molar-refractivity contribution in [1.29, 1.82) is 0 Å². The van der Waals surface area contributed by atoms with Crippen molar-refractivity contribution in [2.24, 2.45) is 0 Å². The molecule has 1 heteroatoms. The average Bonchev–Trinajstić information content (AvgIpc) is 3.64. The van der Waals surface area contributed by atoms with E-state index in [4.69, 9.17) is 11.0 Å². The fraction of sp³-hybridized carbons (Fsp3) is 0.148. The molecule has 0 aliphatic carbocycles. The van der Waals surface area contributed by atoms with Crippen LogP contribution in [0.4, 0.5) is 0 Å². The highest BCUT2D eigenvalue weighted by Crippen LogP contribution is 2.48. The van der Waals surface area contributed by atoms with Crippen LogP contribution in [0.25, 0.3) is 99.1 Å². The molecule has 0 fully saturated rings. The van der Waals surface area contributed by atoms with E-state index in [1.807, 2.05) is 0 Å². The minimum Gasteiger partial charge on any atom is -0.455 e. The van der Waals surface area contributed by atoms with E-state index in [1.54, 1.807) is 0 Å². The summed E-state index contributed by atoms with van der Waals surface area (Å²) in [7, 11) is 0. The van der Waals surface area contributed by atoms with Crippen LogP contribution in [-0.4, -0.2) is 0 Å². The van der Waals surface area contributed by atoms with Gasteiger partial charge in [-0.3, -0.25) is 0 Å². The van der Waals surface area contributed by atoms with Gasteiger partial charge in [0, 0.05) is 22.1 Å². The van der Waals surface area contributed by atoms with Crippen molar-refractivity contribution >= 4 is 65.7 Å². The number of fused-ring (bicyclic) bond motifs is 5. The quantitative estimate of drug-likeness (QED) is 0.153. The van der Waals surface area contributed by atoms with Gasteiger partial charge >= 0.3 is 0 Å². The first-order valence-corrected chi connectivity index (χ1v) is 21.9. The van der Waals surface area contributed by atoms with Crippen LogP contribution in [0.1, 0.15) is 76.5 Å². The molecule has 0 atom stereocenters. The van der Waals surface area contributed by atoms with Gasteiger partial charge in [-0.15, -0.1) is 0 Å². The topological polar surface area (TPSA) is 13.1 Å². The second-order valence-corrected chi connectivity index (χ2v) is 18.9. The maximum Gasteiger partial charge on any atom is 0.142 e. The highest BCUT2D eigenvalue weighted by Gasteiger charge is 2.26. The molecule has 0 aliphatic heterocycles. The number of allylic oxidation sites excluding steroid dienone is 1. The molecule has 1 heterocycles. The first-order chi connectivity index (χ1) is 29.9. The molecule has 0 radical (unpaired) electrons. The van der Waals surface area contributed by atoms with Gasteiger partial charge in [0.2, 0.25) is 0 Å². The molecule has 62 heavy (non-hydrogen) atoms. The lowest BCUT2D eigenvalue weighted by atomic mass is 9.77. The van der Waals surface area contributed by atoms with E-state index in [-0.39, 0.29) is 10.8 Å². The van der Waals surface area contributed by atoms with Crippen molar-refractivity contribution in [3.63, 3.8) is 0 Å². The molecule has 9 aromatic carbocycles. The Morgan fingerprint density at radius 1 is 0.435 bits per heavy atom. The third kappa shape index (κ3) is 6.47. The smallest absolute Gasteiger partial charge is 0.142 e. The summed E-state index contributed by atoms with van der Waals surface area (Å²) in [6.45, 7) is 20.9. The fourth-order valence-corrected chi connectivity index (χ4v) is 9.70. The van der Waals surface area contributed by atoms with Gasteiger partial charge in [-0.2, -0.15) is 0 Å². The Hall–Kier alpha value is -6.96. The highest BCUT2D eigenvalue weighted by molar-refractivity contribution is 6.23. The van der Waals surface area contributed by atoms with E-state index in [2.05, 4.69) is 224 Å². The zero-order valence-electron chi connectivity index (χ0n) is 36.9. The Balaban J connectivity index is 1.20. The van der Waals surface area contributed by atoms with E-state index in [9.17, 15) is 0 Å². The largest absolute Gasteiger partial charge is 0.455 e. The maximum absolute atomic E-state index is 6.98. The third-order valence-electron chi connectivity index (χ3n) is 12.8. The standard InChI is InChI=1S/C61H52O/c1-9-21-52-53-36-40(57-50-30-19-17-28-48(50)56(39-22-11-10-12-23-39)49-29-18-20-31-51(49)57)32-33-54(53)62-59(52)38(2)55-44-24-13-15-26-46(44)58(47-27-16-14-25-45(47)55)41-34-42(60(3,4)5)37-43(35-41)61(6,7)8/h9-37H,2H2,1,3-8H3/b21-9-. The van der Waals surface area contributed by atoms with E-state index >= 15 is 0 Å². The normalized spacial score (nSPS) is 12.4. The Morgan fingerprint density at radius 3 is 1.32 bits per heavy atom. The summed E-state index contributed by atoms with van der Waals surface area (Å²) >= 11 is 0. The molecule has 1 nitrogen and oxygen atoms in total. The molecule has 0 unspecified atom stereocenters. The molecule has 0 amide bonds. The molecule has 10 aromatic rings. The number of hydrogen-bond donors (Lipinski definition) is 0. The lowest BCUT2D eigenvalue weighted by Crippen LogP contribution is -2.16. The molecule has 0 aliphatic rings. The summed E-state index contributed by atoms with van der Waals surface area (Å²) < 4.78 is 6.98. The van der Waals surface area contributed by atoms with Crippen LogP contribution in [0.5, 0.6) is 0 Å². The van der Waals surface area contributed by atoms with Gasteiger partial charge in [-0.25, -0.2) is 0 Å². The Morgan fingerprint density at radius 2 is 0.855 bits per heavy atom. The molecule has 0 saturated heterocycles. The van der Waals surface area contributed by atoms with Crippen molar-refractivity contribution in [2.45, 2.75) is 59.3 Å². The minimum atomic E-state index is -0.00793. The van der Waals surface area contributed by atoms with Crippen molar-refractivity contribution in [2.75, 3.05) is 0 Å². The summed E-state index contributed by atoms with van der Waals surface area (Å²) in [4.78, 5) is 0. The summed E-state index contributed by atoms with van der Waals surface area (Å²) in [6, 6.07) is 60.1.